The predicted molar refractivity (Wildman–Crippen MR) is 146 cm³/mol. The second kappa shape index (κ2) is 15.9. The van der Waals surface area contributed by atoms with Gasteiger partial charge in [-0.05, 0) is 66.1 Å². The van der Waals surface area contributed by atoms with Crippen molar-refractivity contribution in [3.05, 3.63) is 83.9 Å². The molecule has 1 unspecified atom stereocenters. The molecule has 0 aliphatic rings. The molecule has 0 aromatic heterocycles. The number of ether oxygens (including phenoxy) is 5. The van der Waals surface area contributed by atoms with Gasteiger partial charge in [-0.1, -0.05) is 38.1 Å². The van der Waals surface area contributed by atoms with Crippen molar-refractivity contribution in [3.63, 3.8) is 0 Å². The number of carbonyl (C=O) groups is 2. The van der Waals surface area contributed by atoms with E-state index in [9.17, 15) is 9.59 Å². The highest BCUT2D eigenvalue weighted by Gasteiger charge is 2.11. The Bertz CT molecular complexity index is 1220. The van der Waals surface area contributed by atoms with Crippen molar-refractivity contribution in [1.29, 1.82) is 5.26 Å². The van der Waals surface area contributed by atoms with Gasteiger partial charge in [-0.3, -0.25) is 4.79 Å². The third kappa shape index (κ3) is 9.89. The lowest BCUT2D eigenvalue weighted by Gasteiger charge is -2.10. The van der Waals surface area contributed by atoms with Crippen LogP contribution in [0.1, 0.15) is 36.2 Å². The molecule has 0 saturated carbocycles. The molecule has 0 saturated heterocycles. The monoisotopic (exact) mass is 531 g/mol. The summed E-state index contributed by atoms with van der Waals surface area (Å²) in [5, 5.41) is 8.93. The highest BCUT2D eigenvalue weighted by molar-refractivity contribution is 5.91. The van der Waals surface area contributed by atoms with Crippen molar-refractivity contribution in [2.75, 3.05) is 39.6 Å². The maximum atomic E-state index is 12.5. The largest absolute Gasteiger partial charge is 0.491 e. The fourth-order valence-corrected chi connectivity index (χ4v) is 3.36. The summed E-state index contributed by atoms with van der Waals surface area (Å²) < 4.78 is 27.1. The molecule has 0 aliphatic heterocycles. The van der Waals surface area contributed by atoms with Gasteiger partial charge in [0.2, 0.25) is 0 Å². The molecule has 0 spiro atoms. The van der Waals surface area contributed by atoms with E-state index in [0.717, 1.165) is 17.5 Å². The van der Waals surface area contributed by atoms with Crippen LogP contribution in [0.15, 0.2) is 72.8 Å². The van der Waals surface area contributed by atoms with E-state index >= 15 is 0 Å². The quantitative estimate of drug-likeness (QED) is 0.145. The van der Waals surface area contributed by atoms with Gasteiger partial charge >= 0.3 is 11.9 Å². The average Bonchev–Trinajstić information content (AvgIpc) is 2.98. The van der Waals surface area contributed by atoms with E-state index in [4.69, 9.17) is 28.9 Å². The third-order valence-corrected chi connectivity index (χ3v) is 5.86. The summed E-state index contributed by atoms with van der Waals surface area (Å²) in [6, 6.07) is 23.2. The van der Waals surface area contributed by atoms with Crippen LogP contribution in [0.2, 0.25) is 0 Å². The number of benzene rings is 3. The molecule has 3 rings (SSSR count). The summed E-state index contributed by atoms with van der Waals surface area (Å²) in [4.78, 5) is 24.1. The zero-order chi connectivity index (χ0) is 27.9. The van der Waals surface area contributed by atoms with E-state index in [0.29, 0.717) is 55.7 Å². The molecule has 8 heteroatoms. The summed E-state index contributed by atoms with van der Waals surface area (Å²) >= 11 is 0. The van der Waals surface area contributed by atoms with E-state index in [1.54, 1.807) is 48.5 Å². The van der Waals surface area contributed by atoms with Crippen molar-refractivity contribution in [2.45, 2.75) is 20.3 Å². The molecule has 8 nitrogen and oxygen atoms in total. The molecule has 1 atom stereocenters. The van der Waals surface area contributed by atoms with E-state index in [1.807, 2.05) is 38.1 Å². The standard InChI is InChI=1S/C31H33NO7/c1-3-23(2)30(33)38-21-19-36-17-16-35-18-20-37-28-12-14-29(15-13-28)39-31(34)27-10-8-26(9-11-27)25-6-4-24(22-32)5-7-25/h4-15,23H,3,16-21H2,1-2H3. The lowest BCUT2D eigenvalue weighted by Crippen LogP contribution is -2.18. The number of rotatable bonds is 15. The molecule has 0 heterocycles. The van der Waals surface area contributed by atoms with Gasteiger partial charge in [-0.15, -0.1) is 0 Å². The molecule has 0 fully saturated rings. The van der Waals surface area contributed by atoms with Crippen LogP contribution in [0.3, 0.4) is 0 Å². The summed E-state index contributed by atoms with van der Waals surface area (Å²) in [5.74, 6) is 0.286. The average molecular weight is 532 g/mol. The first kappa shape index (κ1) is 29.4. The summed E-state index contributed by atoms with van der Waals surface area (Å²) in [6.45, 7) is 5.92. The fraction of sp³-hybridized carbons (Fsp3) is 0.323. The van der Waals surface area contributed by atoms with Crippen molar-refractivity contribution in [1.82, 2.24) is 0 Å². The van der Waals surface area contributed by atoms with Crippen LogP contribution < -0.4 is 9.47 Å². The predicted octanol–water partition coefficient (Wildman–Crippen LogP) is 5.45. The fourth-order valence-electron chi connectivity index (χ4n) is 3.36. The van der Waals surface area contributed by atoms with Gasteiger partial charge in [-0.2, -0.15) is 5.26 Å². The van der Waals surface area contributed by atoms with E-state index in [1.165, 1.54) is 0 Å². The van der Waals surface area contributed by atoms with E-state index in [2.05, 4.69) is 6.07 Å². The van der Waals surface area contributed by atoms with Crippen LogP contribution in [0.5, 0.6) is 11.5 Å². The summed E-state index contributed by atoms with van der Waals surface area (Å²) in [7, 11) is 0. The smallest absolute Gasteiger partial charge is 0.343 e. The molecule has 0 N–H and O–H groups in total. The van der Waals surface area contributed by atoms with Gasteiger partial charge in [0, 0.05) is 0 Å². The molecular weight excluding hydrogens is 498 g/mol. The number of hydrogen-bond donors (Lipinski definition) is 0. The van der Waals surface area contributed by atoms with Gasteiger partial charge in [0.15, 0.2) is 0 Å². The zero-order valence-electron chi connectivity index (χ0n) is 22.3. The van der Waals surface area contributed by atoms with Gasteiger partial charge < -0.3 is 23.7 Å². The molecule has 3 aromatic rings. The minimum atomic E-state index is -0.459. The summed E-state index contributed by atoms with van der Waals surface area (Å²) in [5.41, 5.74) is 2.93. The molecule has 0 bridgehead atoms. The first-order valence-corrected chi connectivity index (χ1v) is 12.9. The van der Waals surface area contributed by atoms with Crippen LogP contribution in [-0.2, 0) is 19.0 Å². The molecule has 204 valence electrons. The van der Waals surface area contributed by atoms with Crippen LogP contribution in [0.4, 0.5) is 0 Å². The maximum absolute atomic E-state index is 12.5. The summed E-state index contributed by atoms with van der Waals surface area (Å²) in [6.07, 6.45) is 0.756. The third-order valence-electron chi connectivity index (χ3n) is 5.86. The lowest BCUT2D eigenvalue weighted by molar-refractivity contribution is -0.149. The van der Waals surface area contributed by atoms with E-state index < -0.39 is 5.97 Å². The van der Waals surface area contributed by atoms with E-state index in [-0.39, 0.29) is 18.5 Å². The van der Waals surface area contributed by atoms with Gasteiger partial charge in [-0.25, -0.2) is 4.79 Å². The Labute approximate surface area is 229 Å². The normalized spacial score (nSPS) is 11.3. The van der Waals surface area contributed by atoms with Gasteiger partial charge in [0.1, 0.15) is 24.7 Å². The molecule has 3 aromatic carbocycles. The Hall–Kier alpha value is -4.19. The van der Waals surface area contributed by atoms with Crippen LogP contribution >= 0.6 is 0 Å². The van der Waals surface area contributed by atoms with Crippen molar-refractivity contribution >= 4 is 11.9 Å². The van der Waals surface area contributed by atoms with Crippen molar-refractivity contribution in [3.8, 4) is 28.7 Å². The SMILES string of the molecule is CCC(C)C(=O)OCCOCCOCCOc1ccc(OC(=O)c2ccc(-c3ccc(C#N)cc3)cc2)cc1. The Morgan fingerprint density at radius 2 is 1.28 bits per heavy atom. The molecular formula is C31H33NO7. The Balaban J connectivity index is 1.30. The second-order valence-corrected chi connectivity index (χ2v) is 8.68. The highest BCUT2D eigenvalue weighted by Crippen LogP contribution is 2.22. The minimum Gasteiger partial charge on any atom is -0.491 e. The van der Waals surface area contributed by atoms with Crippen molar-refractivity contribution in [2.24, 2.45) is 5.92 Å². The Morgan fingerprint density at radius 1 is 0.744 bits per heavy atom. The van der Waals surface area contributed by atoms with Crippen LogP contribution in [0, 0.1) is 17.2 Å². The molecule has 0 aliphatic carbocycles. The molecule has 0 amide bonds. The van der Waals surface area contributed by atoms with Crippen LogP contribution in [-0.4, -0.2) is 51.6 Å². The number of carbonyl (C=O) groups excluding carboxylic acids is 2. The first-order valence-electron chi connectivity index (χ1n) is 12.9. The maximum Gasteiger partial charge on any atom is 0.343 e. The van der Waals surface area contributed by atoms with Gasteiger partial charge in [0.05, 0.1) is 49.5 Å². The van der Waals surface area contributed by atoms with Gasteiger partial charge in [0.25, 0.3) is 0 Å². The Morgan fingerprint density at radius 3 is 1.87 bits per heavy atom. The number of nitriles is 1. The molecule has 39 heavy (non-hydrogen) atoms. The lowest BCUT2D eigenvalue weighted by atomic mass is 10.0. The topological polar surface area (TPSA) is 104 Å². The van der Waals surface area contributed by atoms with Crippen molar-refractivity contribution < 1.29 is 33.3 Å². The first-order chi connectivity index (χ1) is 19.0. The minimum absolute atomic E-state index is 0.0922. The number of esters is 2. The number of hydrogen-bond acceptors (Lipinski definition) is 8. The molecule has 0 radical (unpaired) electrons. The zero-order valence-corrected chi connectivity index (χ0v) is 22.3. The number of nitrogens with zero attached hydrogens (tertiary/aromatic N) is 1. The second-order valence-electron chi connectivity index (χ2n) is 8.68. The van der Waals surface area contributed by atoms with Crippen LogP contribution in [0.25, 0.3) is 11.1 Å². The Kier molecular flexibility index (Phi) is 12.0. The highest BCUT2D eigenvalue weighted by atomic mass is 16.6.